The van der Waals surface area contributed by atoms with Crippen LogP contribution in [0.5, 0.6) is 11.5 Å². The van der Waals surface area contributed by atoms with Crippen LogP contribution in [0.3, 0.4) is 0 Å². The number of methoxy groups -OCH3 is 1. The summed E-state index contributed by atoms with van der Waals surface area (Å²) in [6.45, 7) is 4.24. The predicted octanol–water partition coefficient (Wildman–Crippen LogP) is 5.66. The fourth-order valence-electron chi connectivity index (χ4n) is 9.45. The van der Waals surface area contributed by atoms with Crippen LogP contribution in [0.4, 0.5) is 26.7 Å². The number of fused-ring (bicyclic) bond motifs is 5. The number of benzene rings is 1. The summed E-state index contributed by atoms with van der Waals surface area (Å²) in [5.74, 6) is -7.01. The number of halogens is 5. The number of sulfonamides is 1. The van der Waals surface area contributed by atoms with E-state index in [0.717, 1.165) is 4.90 Å². The average molecular weight is 925 g/mol. The fraction of sp³-hybridized carbons (Fsp3) is 0.651. The van der Waals surface area contributed by atoms with Crippen molar-refractivity contribution in [2.45, 2.75) is 144 Å². The van der Waals surface area contributed by atoms with Crippen LogP contribution in [0, 0.1) is 5.92 Å². The van der Waals surface area contributed by atoms with Crippen LogP contribution in [0.1, 0.15) is 109 Å². The van der Waals surface area contributed by atoms with E-state index >= 15 is 13.2 Å². The number of ether oxygens (including phenoxy) is 3. The van der Waals surface area contributed by atoms with Gasteiger partial charge in [0.15, 0.2) is 11.4 Å². The number of allylic oxidation sites excluding steroid dienone is 1. The van der Waals surface area contributed by atoms with Crippen molar-refractivity contribution in [2.24, 2.45) is 5.92 Å². The van der Waals surface area contributed by atoms with Crippen molar-refractivity contribution in [3.05, 3.63) is 41.6 Å². The van der Waals surface area contributed by atoms with Crippen LogP contribution in [0.15, 0.2) is 30.4 Å². The van der Waals surface area contributed by atoms with E-state index in [1.54, 1.807) is 26.8 Å². The summed E-state index contributed by atoms with van der Waals surface area (Å²) in [5.41, 5.74) is -6.18. The van der Waals surface area contributed by atoms with Crippen LogP contribution in [0.2, 0.25) is 0 Å². The SMILES string of the molecule is COc1ccc2nc(C(F)(F)F)c3c(c2c1)C(N1CC(F)(F)C1)CC1(CC2C(=O)NC4(C(=O)NS(=O)(=O)C5(C)CC5)CC4C=CCCCCCC(NC(=O)OC(C)(C)C)C(=O)N2C1)O3. The number of hydrogen-bond donors (Lipinski definition) is 3. The molecule has 0 radical (unpaired) electrons. The first kappa shape index (κ1) is 45.8. The van der Waals surface area contributed by atoms with Gasteiger partial charge in [-0.2, -0.15) is 13.2 Å². The molecule has 2 aromatic rings. The first-order chi connectivity index (χ1) is 29.8. The summed E-state index contributed by atoms with van der Waals surface area (Å²) in [6, 6.07) is 0.148. The zero-order valence-electron chi connectivity index (χ0n) is 36.2. The quantitative estimate of drug-likeness (QED) is 0.240. The average Bonchev–Trinajstić information content (AvgIpc) is 4.08. The van der Waals surface area contributed by atoms with Gasteiger partial charge in [-0.15, -0.1) is 0 Å². The molecule has 8 rings (SSSR count). The minimum Gasteiger partial charge on any atom is -0.497 e. The number of amides is 4. The lowest BCUT2D eigenvalue weighted by Crippen LogP contribution is -2.60. The third-order valence-corrected chi connectivity index (χ3v) is 15.4. The smallest absolute Gasteiger partial charge is 0.437 e. The molecule has 5 heterocycles. The van der Waals surface area contributed by atoms with Crippen LogP contribution in [-0.2, 0) is 35.3 Å². The first-order valence-corrected chi connectivity index (χ1v) is 23.0. The number of carbonyl (C=O) groups excluding carboxylic acids is 4. The van der Waals surface area contributed by atoms with E-state index in [9.17, 15) is 36.4 Å². The van der Waals surface area contributed by atoms with E-state index in [2.05, 4.69) is 20.3 Å². The molecule has 4 amide bonds. The molecule has 0 bridgehead atoms. The molecule has 4 fully saturated rings. The van der Waals surface area contributed by atoms with Crippen molar-refractivity contribution in [2.75, 3.05) is 26.7 Å². The Bertz CT molecular complexity index is 2400. The number of carbonyl (C=O) groups is 4. The molecule has 350 valence electrons. The van der Waals surface area contributed by atoms with Crippen molar-refractivity contribution >= 4 is 44.7 Å². The number of alkyl carbamates (subject to hydrolysis) is 1. The van der Waals surface area contributed by atoms with Crippen molar-refractivity contribution in [3.63, 3.8) is 0 Å². The number of nitrogens with one attached hydrogen (secondary N) is 3. The van der Waals surface area contributed by atoms with Crippen LogP contribution in [0.25, 0.3) is 10.9 Å². The van der Waals surface area contributed by atoms with Gasteiger partial charge in [0.2, 0.25) is 21.8 Å². The Labute approximate surface area is 367 Å². The molecular weight excluding hydrogens is 872 g/mol. The maximum Gasteiger partial charge on any atom is 0.437 e. The molecule has 6 aliphatic rings. The molecule has 2 saturated heterocycles. The Morgan fingerprint density at radius 1 is 1.00 bits per heavy atom. The van der Waals surface area contributed by atoms with Gasteiger partial charge in [-0.05, 0) is 84.4 Å². The molecule has 15 nitrogen and oxygen atoms in total. The van der Waals surface area contributed by atoms with E-state index in [-0.39, 0.29) is 41.5 Å². The summed E-state index contributed by atoms with van der Waals surface area (Å²) in [7, 11) is -2.81. The summed E-state index contributed by atoms with van der Waals surface area (Å²) in [5, 5.41) is 5.53. The highest BCUT2D eigenvalue weighted by Crippen LogP contribution is 2.56. The van der Waals surface area contributed by atoms with Gasteiger partial charge in [0, 0.05) is 35.8 Å². The lowest BCUT2D eigenvalue weighted by molar-refractivity contribution is -0.161. The molecular formula is C43H53F5N6O9S. The summed E-state index contributed by atoms with van der Waals surface area (Å²) >= 11 is 0. The number of nitrogens with zero attached hydrogens (tertiary/aromatic N) is 3. The number of rotatable bonds is 6. The minimum absolute atomic E-state index is 0.00815. The molecule has 1 spiro atoms. The Morgan fingerprint density at radius 2 is 1.70 bits per heavy atom. The van der Waals surface area contributed by atoms with Gasteiger partial charge in [-0.3, -0.25) is 24.0 Å². The standard InChI is InChI=1S/C43H53F5N6O9S/c1-38(2,3)63-37(58)50-28-12-10-8-6-7-9-11-24-18-42(24,36(57)52-64(59,60)39(4)15-16-39)51-34(55)30-20-40(21-54(30)35(28)56)19-29(53-22-41(44,45)23-53)31-26-17-25(61-5)13-14-27(26)49-33(32(31)62-40)43(46,47)48/h9,11,13-14,17,24,28-30H,6-8,10,12,15-16,18-23H2,1-5H3,(H,50,58)(H,51,55)(H,52,57). The molecule has 4 aliphatic heterocycles. The van der Waals surface area contributed by atoms with E-state index < -0.39 is 129 Å². The third-order valence-electron chi connectivity index (χ3n) is 13.3. The molecule has 1 aromatic carbocycles. The highest BCUT2D eigenvalue weighted by molar-refractivity contribution is 7.91. The number of alkyl halides is 5. The predicted molar refractivity (Wildman–Crippen MR) is 220 cm³/mol. The normalized spacial score (nSPS) is 30.3. The highest BCUT2D eigenvalue weighted by atomic mass is 32.2. The van der Waals surface area contributed by atoms with Gasteiger partial charge >= 0.3 is 12.3 Å². The maximum absolute atomic E-state index is 15.1. The number of likely N-dealkylation sites (tertiary alicyclic amines) is 1. The molecule has 3 N–H and O–H groups in total. The molecule has 6 atom stereocenters. The third kappa shape index (κ3) is 8.69. The van der Waals surface area contributed by atoms with Crippen molar-refractivity contribution in [1.29, 1.82) is 0 Å². The Kier molecular flexibility index (Phi) is 11.2. The monoisotopic (exact) mass is 924 g/mol. The fourth-order valence-corrected chi connectivity index (χ4v) is 10.8. The Hall–Kier alpha value is -4.79. The molecule has 2 aliphatic carbocycles. The van der Waals surface area contributed by atoms with Crippen LogP contribution < -0.4 is 24.8 Å². The lowest BCUT2D eigenvalue weighted by atomic mass is 9.81. The summed E-state index contributed by atoms with van der Waals surface area (Å²) in [4.78, 5) is 63.5. The van der Waals surface area contributed by atoms with E-state index in [4.69, 9.17) is 14.2 Å². The lowest BCUT2D eigenvalue weighted by Gasteiger charge is -2.50. The number of hydrogen-bond acceptors (Lipinski definition) is 11. The van der Waals surface area contributed by atoms with E-state index in [0.29, 0.717) is 38.5 Å². The largest absolute Gasteiger partial charge is 0.497 e. The molecule has 2 saturated carbocycles. The molecule has 6 unspecified atom stereocenters. The Balaban J connectivity index is 1.23. The molecule has 64 heavy (non-hydrogen) atoms. The van der Waals surface area contributed by atoms with Gasteiger partial charge in [-0.25, -0.2) is 27.0 Å². The molecule has 21 heteroatoms. The van der Waals surface area contributed by atoms with Gasteiger partial charge in [-0.1, -0.05) is 25.0 Å². The van der Waals surface area contributed by atoms with Gasteiger partial charge in [0.25, 0.3) is 11.8 Å². The van der Waals surface area contributed by atoms with Gasteiger partial charge < -0.3 is 29.7 Å². The summed E-state index contributed by atoms with van der Waals surface area (Å²) < 4.78 is 120. The van der Waals surface area contributed by atoms with Crippen molar-refractivity contribution in [1.82, 2.24) is 30.1 Å². The van der Waals surface area contributed by atoms with E-state index in [1.165, 1.54) is 37.1 Å². The maximum atomic E-state index is 15.1. The van der Waals surface area contributed by atoms with Crippen molar-refractivity contribution in [3.8, 4) is 11.5 Å². The minimum atomic E-state index is -5.12. The Morgan fingerprint density at radius 3 is 2.34 bits per heavy atom. The van der Waals surface area contributed by atoms with Crippen LogP contribution >= 0.6 is 0 Å². The second-order valence-corrected chi connectivity index (χ2v) is 21.7. The first-order valence-electron chi connectivity index (χ1n) is 21.5. The van der Waals surface area contributed by atoms with Crippen molar-refractivity contribution < 1.29 is 63.8 Å². The second-order valence-electron chi connectivity index (χ2n) is 19.5. The highest BCUT2D eigenvalue weighted by Gasteiger charge is 2.65. The zero-order valence-corrected chi connectivity index (χ0v) is 37.0. The number of pyridine rings is 1. The van der Waals surface area contributed by atoms with Gasteiger partial charge in [0.05, 0.1) is 37.0 Å². The number of aromatic nitrogens is 1. The topological polar surface area (TPSA) is 186 Å². The van der Waals surface area contributed by atoms with E-state index in [1.807, 2.05) is 6.08 Å². The van der Waals surface area contributed by atoms with Crippen LogP contribution in [-0.4, -0.2) is 113 Å². The van der Waals surface area contributed by atoms with Gasteiger partial charge in [0.1, 0.15) is 34.6 Å². The zero-order chi connectivity index (χ0) is 46.4. The molecule has 1 aromatic heterocycles. The summed E-state index contributed by atoms with van der Waals surface area (Å²) in [6.07, 6.45) is -0.277. The second kappa shape index (κ2) is 15.7.